The molecule has 2 fully saturated rings. The molecule has 2 aliphatic heterocycles. The highest BCUT2D eigenvalue weighted by Crippen LogP contribution is 2.41. The van der Waals surface area contributed by atoms with Crippen LogP contribution < -0.4 is 0 Å². The van der Waals surface area contributed by atoms with Crippen molar-refractivity contribution in [1.82, 2.24) is 19.8 Å². The molecule has 2 aromatic heterocycles. The van der Waals surface area contributed by atoms with Gasteiger partial charge in [0.2, 0.25) is 0 Å². The Kier molecular flexibility index (Phi) is 15.1. The molecule has 4 heterocycles. The molecule has 1 spiro atoms. The molecule has 0 aliphatic carbocycles. The van der Waals surface area contributed by atoms with Crippen molar-refractivity contribution in [2.45, 2.75) is 57.3 Å². The Hall–Kier alpha value is -3.52. The van der Waals surface area contributed by atoms with Crippen LogP contribution in [0.15, 0.2) is 36.0 Å². The van der Waals surface area contributed by atoms with Crippen LogP contribution in [0.3, 0.4) is 0 Å². The lowest BCUT2D eigenvalue weighted by Crippen LogP contribution is -2.46. The second-order valence-electron chi connectivity index (χ2n) is 9.71. The van der Waals surface area contributed by atoms with Gasteiger partial charge >= 0.3 is 36.4 Å². The van der Waals surface area contributed by atoms with E-state index in [4.69, 9.17) is 29.7 Å². The summed E-state index contributed by atoms with van der Waals surface area (Å²) in [7, 11) is 0. The average molecular weight is 685 g/mol. The van der Waals surface area contributed by atoms with E-state index in [0.29, 0.717) is 5.41 Å². The van der Waals surface area contributed by atoms with Gasteiger partial charge < -0.3 is 15.3 Å². The summed E-state index contributed by atoms with van der Waals surface area (Å²) in [6.07, 6.45) is -6.01. The maximum absolute atomic E-state index is 10.6. The zero-order valence-electron chi connectivity index (χ0n) is 23.2. The van der Waals surface area contributed by atoms with Crippen LogP contribution in [-0.2, 0) is 27.5 Å². The maximum atomic E-state index is 10.6. The largest absolute Gasteiger partial charge is 0.490 e. The fraction of sp³-hybridized carbons (Fsp3) is 0.560. The summed E-state index contributed by atoms with van der Waals surface area (Å²) in [5.74, 6) is -8.27. The summed E-state index contributed by atoms with van der Waals surface area (Å²) in [5, 5.41) is 24.7. The van der Waals surface area contributed by atoms with Crippen molar-refractivity contribution in [1.29, 1.82) is 0 Å². The Morgan fingerprint density at radius 3 is 1.40 bits per heavy atom. The summed E-state index contributed by atoms with van der Waals surface area (Å²) in [4.78, 5) is 40.8. The van der Waals surface area contributed by atoms with Crippen LogP contribution >= 0.6 is 11.3 Å². The number of alkyl halides is 9. The van der Waals surface area contributed by atoms with Crippen molar-refractivity contribution in [2.24, 2.45) is 5.41 Å². The Bertz CT molecular complexity index is 1120. The number of carboxylic acid groups (broad SMARTS) is 3. The molecule has 0 aromatic carbocycles. The van der Waals surface area contributed by atoms with Gasteiger partial charge in [0.1, 0.15) is 5.01 Å². The van der Waals surface area contributed by atoms with Crippen LogP contribution in [0, 0.1) is 5.41 Å². The molecule has 0 atom stereocenters. The first kappa shape index (κ1) is 39.5. The van der Waals surface area contributed by atoms with E-state index in [1.54, 1.807) is 11.3 Å². The number of piperidine rings is 2. The second-order valence-corrected chi connectivity index (χ2v) is 10.7. The van der Waals surface area contributed by atoms with E-state index in [1.165, 1.54) is 62.6 Å². The second kappa shape index (κ2) is 17.2. The van der Waals surface area contributed by atoms with E-state index in [9.17, 15) is 39.5 Å². The molecule has 45 heavy (non-hydrogen) atoms. The molecular formula is C25H29F9N4O6S. The van der Waals surface area contributed by atoms with Gasteiger partial charge in [-0.3, -0.25) is 14.8 Å². The first-order valence-electron chi connectivity index (χ1n) is 12.8. The number of nitrogens with zero attached hydrogens (tertiary/aromatic N) is 4. The molecule has 0 unspecified atom stereocenters. The number of aliphatic carboxylic acids is 3. The van der Waals surface area contributed by atoms with Crippen LogP contribution in [0.4, 0.5) is 39.5 Å². The highest BCUT2D eigenvalue weighted by atomic mass is 32.1. The number of pyridine rings is 1. The van der Waals surface area contributed by atoms with Crippen LogP contribution in [0.2, 0.25) is 0 Å². The van der Waals surface area contributed by atoms with Crippen molar-refractivity contribution in [3.05, 3.63) is 46.7 Å². The van der Waals surface area contributed by atoms with Crippen molar-refractivity contribution in [3.8, 4) is 0 Å². The van der Waals surface area contributed by atoms with E-state index >= 15 is 0 Å². The molecule has 2 aromatic rings. The first-order chi connectivity index (χ1) is 20.6. The number of hydrogen-bond donors (Lipinski definition) is 3. The van der Waals surface area contributed by atoms with Gasteiger partial charge in [0.15, 0.2) is 0 Å². The fourth-order valence-electron chi connectivity index (χ4n) is 4.11. The minimum absolute atomic E-state index is 0.597. The van der Waals surface area contributed by atoms with Crippen molar-refractivity contribution >= 4 is 29.2 Å². The van der Waals surface area contributed by atoms with Gasteiger partial charge in [-0.25, -0.2) is 19.4 Å². The quantitative estimate of drug-likeness (QED) is 0.362. The van der Waals surface area contributed by atoms with Crippen LogP contribution in [0.25, 0.3) is 0 Å². The highest BCUT2D eigenvalue weighted by Gasteiger charge is 2.40. The predicted octanol–water partition coefficient (Wildman–Crippen LogP) is 5.32. The van der Waals surface area contributed by atoms with Crippen molar-refractivity contribution in [3.63, 3.8) is 0 Å². The van der Waals surface area contributed by atoms with Gasteiger partial charge in [0, 0.05) is 24.3 Å². The van der Waals surface area contributed by atoms with Crippen LogP contribution in [-0.4, -0.2) is 97.7 Å². The van der Waals surface area contributed by atoms with Crippen molar-refractivity contribution in [2.75, 3.05) is 26.2 Å². The summed E-state index contributed by atoms with van der Waals surface area (Å²) < 4.78 is 95.2. The van der Waals surface area contributed by atoms with E-state index in [-0.39, 0.29) is 0 Å². The summed E-state index contributed by atoms with van der Waals surface area (Å²) >= 11 is 1.78. The molecule has 0 radical (unpaired) electrons. The third-order valence-corrected chi connectivity index (χ3v) is 7.28. The van der Waals surface area contributed by atoms with Gasteiger partial charge in [-0.2, -0.15) is 39.5 Å². The van der Waals surface area contributed by atoms with Crippen LogP contribution in [0.5, 0.6) is 0 Å². The summed E-state index contributed by atoms with van der Waals surface area (Å²) in [6, 6.07) is 6.22. The average Bonchev–Trinajstić information content (AvgIpc) is 3.45. The minimum atomic E-state index is -5.08. The lowest BCUT2D eigenvalue weighted by atomic mass is 9.71. The topological polar surface area (TPSA) is 144 Å². The molecule has 0 bridgehead atoms. The van der Waals surface area contributed by atoms with Gasteiger partial charge in [-0.1, -0.05) is 6.07 Å². The van der Waals surface area contributed by atoms with Gasteiger partial charge in [-0.15, -0.1) is 11.3 Å². The molecular weight excluding hydrogens is 655 g/mol. The van der Waals surface area contributed by atoms with E-state index in [0.717, 1.165) is 13.1 Å². The number of halogens is 9. The van der Waals surface area contributed by atoms with Gasteiger partial charge in [-0.05, 0) is 69.4 Å². The number of likely N-dealkylation sites (tertiary alicyclic amines) is 2. The minimum Gasteiger partial charge on any atom is -0.475 e. The SMILES string of the molecule is O=C(O)C(F)(F)F.O=C(O)C(F)(F)F.O=C(O)C(F)(F)F.c1ccc(CN2CCC3(CC2)CCN(Cc2nccs2)CC3)nc1. The monoisotopic (exact) mass is 684 g/mol. The smallest absolute Gasteiger partial charge is 0.475 e. The lowest BCUT2D eigenvalue weighted by molar-refractivity contribution is -0.193. The van der Waals surface area contributed by atoms with E-state index in [1.807, 2.05) is 18.5 Å². The number of carbonyl (C=O) groups is 3. The molecule has 20 heteroatoms. The van der Waals surface area contributed by atoms with E-state index < -0.39 is 36.4 Å². The number of aromatic nitrogens is 2. The Labute approximate surface area is 254 Å². The predicted molar refractivity (Wildman–Crippen MR) is 139 cm³/mol. The summed E-state index contributed by atoms with van der Waals surface area (Å²) in [5.41, 5.74) is 1.80. The zero-order valence-corrected chi connectivity index (χ0v) is 24.0. The molecule has 4 rings (SSSR count). The van der Waals surface area contributed by atoms with Gasteiger partial charge in [0.25, 0.3) is 0 Å². The number of hydrogen-bond acceptors (Lipinski definition) is 8. The summed E-state index contributed by atoms with van der Waals surface area (Å²) in [6.45, 7) is 6.97. The Morgan fingerprint density at radius 2 is 1.09 bits per heavy atom. The zero-order chi connectivity index (χ0) is 34.5. The molecule has 0 saturated carbocycles. The standard InChI is InChI=1S/C19H26N4S.3C2HF3O2/c1-2-8-20-17(3-1)15-22-10-4-19(5-11-22)6-12-23(13-7-19)16-18-21-9-14-24-18;3*3-2(4,5)1(6)7/h1-3,8-9,14H,4-7,10-13,15-16H2;3*(H,6,7). The fourth-order valence-corrected chi connectivity index (χ4v) is 4.77. The molecule has 2 aliphatic rings. The van der Waals surface area contributed by atoms with Crippen LogP contribution in [0.1, 0.15) is 36.4 Å². The van der Waals surface area contributed by atoms with Gasteiger partial charge in [0.05, 0.1) is 12.2 Å². The Balaban J connectivity index is 0.000000396. The molecule has 10 nitrogen and oxygen atoms in total. The van der Waals surface area contributed by atoms with E-state index in [2.05, 4.69) is 37.3 Å². The number of thiazole rings is 1. The number of carboxylic acids is 3. The molecule has 254 valence electrons. The molecule has 0 amide bonds. The normalized spacial score (nSPS) is 17.0. The first-order valence-corrected chi connectivity index (χ1v) is 13.7. The maximum Gasteiger partial charge on any atom is 0.490 e. The van der Waals surface area contributed by atoms with Crippen molar-refractivity contribution < 1.29 is 69.2 Å². The highest BCUT2D eigenvalue weighted by molar-refractivity contribution is 7.09. The molecule has 3 N–H and O–H groups in total. The lowest BCUT2D eigenvalue weighted by Gasteiger charge is -2.46. The Morgan fingerprint density at radius 1 is 0.689 bits per heavy atom. The third-order valence-electron chi connectivity index (χ3n) is 6.52. The number of rotatable bonds is 4. The molecule has 2 saturated heterocycles. The third kappa shape index (κ3) is 15.9.